The number of nitrogens with two attached hydrogens (primary N) is 1. The van der Waals surface area contributed by atoms with Crippen molar-refractivity contribution in [3.8, 4) is 27.8 Å². The van der Waals surface area contributed by atoms with Crippen molar-refractivity contribution in [1.29, 1.82) is 0 Å². The molecule has 0 radical (unpaired) electrons. The summed E-state index contributed by atoms with van der Waals surface area (Å²) in [6.07, 6.45) is 0. The summed E-state index contributed by atoms with van der Waals surface area (Å²) >= 11 is 1.57. The highest BCUT2D eigenvalue weighted by molar-refractivity contribution is 7.13. The van der Waals surface area contributed by atoms with E-state index in [4.69, 9.17) is 14.9 Å². The van der Waals surface area contributed by atoms with Crippen LogP contribution in [0.5, 0.6) is 5.75 Å². The first-order valence-electron chi connectivity index (χ1n) is 7.42. The molecule has 3 aromatic heterocycles. The molecule has 0 saturated carbocycles. The Morgan fingerprint density at radius 3 is 2.58 bits per heavy atom. The monoisotopic (exact) mass is 337 g/mol. The minimum atomic E-state index is 0.435. The summed E-state index contributed by atoms with van der Waals surface area (Å²) in [7, 11) is 1.64. The van der Waals surface area contributed by atoms with Gasteiger partial charge in [-0.05, 0) is 42.6 Å². The quantitative estimate of drug-likeness (QED) is 0.595. The van der Waals surface area contributed by atoms with Gasteiger partial charge in [-0.25, -0.2) is 4.98 Å². The molecular weight excluding hydrogens is 322 g/mol. The second-order valence-electron chi connectivity index (χ2n) is 5.37. The van der Waals surface area contributed by atoms with E-state index in [1.807, 2.05) is 48.7 Å². The summed E-state index contributed by atoms with van der Waals surface area (Å²) < 4.78 is 11.2. The number of aryl methyl sites for hydroxylation is 1. The Morgan fingerprint density at radius 2 is 1.92 bits per heavy atom. The van der Waals surface area contributed by atoms with Crippen LogP contribution < -0.4 is 10.5 Å². The van der Waals surface area contributed by atoms with Crippen LogP contribution in [0.15, 0.2) is 46.2 Å². The highest BCUT2D eigenvalue weighted by Crippen LogP contribution is 2.36. The average molecular weight is 337 g/mol. The van der Waals surface area contributed by atoms with Crippen molar-refractivity contribution in [3.05, 3.63) is 47.3 Å². The van der Waals surface area contributed by atoms with Gasteiger partial charge in [0.2, 0.25) is 5.71 Å². The fourth-order valence-corrected chi connectivity index (χ4v) is 3.36. The molecule has 24 heavy (non-hydrogen) atoms. The normalized spacial score (nSPS) is 11.1. The number of aromatic nitrogens is 2. The lowest BCUT2D eigenvalue weighted by Crippen LogP contribution is -1.96. The third-order valence-corrected chi connectivity index (χ3v) is 4.78. The molecule has 120 valence electrons. The largest absolute Gasteiger partial charge is 0.497 e. The van der Waals surface area contributed by atoms with Crippen LogP contribution in [0.4, 0.5) is 5.82 Å². The lowest BCUT2D eigenvalue weighted by atomic mass is 10.1. The number of thiophene rings is 1. The third-order valence-electron chi connectivity index (χ3n) is 3.91. The number of ether oxygens (including phenoxy) is 1. The fraction of sp³-hybridized carbons (Fsp3) is 0.111. The van der Waals surface area contributed by atoms with Crippen molar-refractivity contribution in [2.45, 2.75) is 6.92 Å². The smallest absolute Gasteiger partial charge is 0.232 e. The number of hydrogen-bond acceptors (Lipinski definition) is 6. The SMILES string of the molecule is COc1ccc(-c2oc3nc(-c4cccs4)nc(N)c3c2C)cc1. The number of nitrogen functional groups attached to an aromatic ring is 1. The summed E-state index contributed by atoms with van der Waals surface area (Å²) in [5, 5.41) is 2.75. The molecule has 0 saturated heterocycles. The maximum absolute atomic E-state index is 6.17. The Hall–Kier alpha value is -2.86. The summed E-state index contributed by atoms with van der Waals surface area (Å²) in [4.78, 5) is 9.95. The van der Waals surface area contributed by atoms with Crippen molar-refractivity contribution < 1.29 is 9.15 Å². The van der Waals surface area contributed by atoms with E-state index >= 15 is 0 Å². The standard InChI is InChI=1S/C18H15N3O2S/c1-10-14-16(19)20-17(13-4-3-9-24-13)21-18(14)23-15(10)11-5-7-12(22-2)8-6-11/h3-9H,1-2H3,(H2,19,20,21). The van der Waals surface area contributed by atoms with E-state index in [0.717, 1.165) is 32.9 Å². The molecule has 0 amide bonds. The van der Waals surface area contributed by atoms with Crippen LogP contribution in [0.1, 0.15) is 5.56 Å². The molecule has 0 aliphatic carbocycles. The molecule has 4 rings (SSSR count). The van der Waals surface area contributed by atoms with E-state index in [0.29, 0.717) is 17.4 Å². The van der Waals surface area contributed by atoms with Gasteiger partial charge in [0.25, 0.3) is 0 Å². The van der Waals surface area contributed by atoms with E-state index in [1.54, 1.807) is 18.4 Å². The van der Waals surface area contributed by atoms with Crippen LogP contribution in [0.3, 0.4) is 0 Å². The molecule has 6 heteroatoms. The number of rotatable bonds is 3. The zero-order chi connectivity index (χ0) is 16.7. The van der Waals surface area contributed by atoms with Crippen molar-refractivity contribution in [2.75, 3.05) is 12.8 Å². The van der Waals surface area contributed by atoms with Gasteiger partial charge in [0.05, 0.1) is 17.4 Å². The topological polar surface area (TPSA) is 74.2 Å². The summed E-state index contributed by atoms with van der Waals surface area (Å²) in [6, 6.07) is 11.6. The number of benzene rings is 1. The fourth-order valence-electron chi connectivity index (χ4n) is 2.70. The van der Waals surface area contributed by atoms with Gasteiger partial charge >= 0.3 is 0 Å². The molecule has 5 nitrogen and oxygen atoms in total. The second-order valence-corrected chi connectivity index (χ2v) is 6.32. The third kappa shape index (κ3) is 2.32. The molecular formula is C18H15N3O2S. The molecule has 0 unspecified atom stereocenters. The highest BCUT2D eigenvalue weighted by atomic mass is 32.1. The van der Waals surface area contributed by atoms with Crippen LogP contribution in [-0.4, -0.2) is 17.1 Å². The van der Waals surface area contributed by atoms with E-state index in [-0.39, 0.29) is 0 Å². The maximum Gasteiger partial charge on any atom is 0.232 e. The van der Waals surface area contributed by atoms with Crippen LogP contribution >= 0.6 is 11.3 Å². The van der Waals surface area contributed by atoms with Gasteiger partial charge in [-0.2, -0.15) is 4.98 Å². The van der Waals surface area contributed by atoms with Crippen LogP contribution in [0, 0.1) is 6.92 Å². The highest BCUT2D eigenvalue weighted by Gasteiger charge is 2.18. The van der Waals surface area contributed by atoms with Gasteiger partial charge in [-0.1, -0.05) is 6.07 Å². The lowest BCUT2D eigenvalue weighted by Gasteiger charge is -2.01. The molecule has 1 aromatic carbocycles. The van der Waals surface area contributed by atoms with Gasteiger partial charge in [-0.3, -0.25) is 0 Å². The molecule has 0 fully saturated rings. The van der Waals surface area contributed by atoms with Crippen molar-refractivity contribution in [2.24, 2.45) is 0 Å². The van der Waals surface area contributed by atoms with Crippen molar-refractivity contribution in [3.63, 3.8) is 0 Å². The molecule has 0 atom stereocenters. The Labute approximate surface area is 142 Å². The number of fused-ring (bicyclic) bond motifs is 1. The Morgan fingerprint density at radius 1 is 1.12 bits per heavy atom. The van der Waals surface area contributed by atoms with Crippen molar-refractivity contribution >= 4 is 28.3 Å². The van der Waals surface area contributed by atoms with Gasteiger partial charge in [0, 0.05) is 11.1 Å². The van der Waals surface area contributed by atoms with Crippen molar-refractivity contribution in [1.82, 2.24) is 9.97 Å². The molecule has 2 N–H and O–H groups in total. The number of hydrogen-bond donors (Lipinski definition) is 1. The minimum absolute atomic E-state index is 0.435. The van der Waals surface area contributed by atoms with Crippen LogP contribution in [0.2, 0.25) is 0 Å². The number of furan rings is 1. The van der Waals surface area contributed by atoms with Gasteiger partial charge < -0.3 is 14.9 Å². The molecule has 0 bridgehead atoms. The van der Waals surface area contributed by atoms with E-state index in [9.17, 15) is 0 Å². The predicted octanol–water partition coefficient (Wildman–Crippen LogP) is 4.52. The van der Waals surface area contributed by atoms with Crippen LogP contribution in [-0.2, 0) is 0 Å². The molecule has 0 aliphatic rings. The Bertz CT molecular complexity index is 1010. The summed E-state index contributed by atoms with van der Waals surface area (Å²) in [6.45, 7) is 1.97. The lowest BCUT2D eigenvalue weighted by molar-refractivity contribution is 0.415. The average Bonchev–Trinajstić information content (AvgIpc) is 3.23. The Kier molecular flexibility index (Phi) is 3.46. The number of methoxy groups -OCH3 is 1. The predicted molar refractivity (Wildman–Crippen MR) is 96.3 cm³/mol. The molecule has 0 aliphatic heterocycles. The van der Waals surface area contributed by atoms with Crippen LogP contribution in [0.25, 0.3) is 33.1 Å². The number of nitrogens with zero attached hydrogens (tertiary/aromatic N) is 2. The van der Waals surface area contributed by atoms with Gasteiger partial charge in [0.1, 0.15) is 17.3 Å². The zero-order valence-electron chi connectivity index (χ0n) is 13.2. The molecule has 3 heterocycles. The van der Waals surface area contributed by atoms with Gasteiger partial charge in [0.15, 0.2) is 5.82 Å². The first kappa shape index (κ1) is 14.7. The first-order chi connectivity index (χ1) is 11.7. The minimum Gasteiger partial charge on any atom is -0.497 e. The number of anilines is 1. The molecule has 0 spiro atoms. The van der Waals surface area contributed by atoms with E-state index in [1.165, 1.54) is 0 Å². The zero-order valence-corrected chi connectivity index (χ0v) is 14.1. The second kappa shape index (κ2) is 5.65. The maximum atomic E-state index is 6.17. The van der Waals surface area contributed by atoms with E-state index < -0.39 is 0 Å². The Balaban J connectivity index is 1.88. The van der Waals surface area contributed by atoms with E-state index in [2.05, 4.69) is 9.97 Å². The molecule has 4 aromatic rings. The van der Waals surface area contributed by atoms with Gasteiger partial charge in [-0.15, -0.1) is 11.3 Å². The summed E-state index contributed by atoms with van der Waals surface area (Å²) in [5.41, 5.74) is 8.57. The summed E-state index contributed by atoms with van der Waals surface area (Å²) in [5.74, 6) is 2.57. The first-order valence-corrected chi connectivity index (χ1v) is 8.30.